The number of aromatic nitrogens is 4. The molecule has 0 bridgehead atoms. The summed E-state index contributed by atoms with van der Waals surface area (Å²) in [7, 11) is 0. The molecule has 154 valence electrons. The van der Waals surface area contributed by atoms with Crippen LogP contribution in [-0.2, 0) is 9.53 Å². The molecule has 2 heterocycles. The van der Waals surface area contributed by atoms with E-state index in [-0.39, 0.29) is 11.3 Å². The molecule has 1 N–H and O–H groups in total. The van der Waals surface area contributed by atoms with E-state index in [1.807, 2.05) is 0 Å². The molecule has 1 atom stereocenters. The fraction of sp³-hybridized carbons (Fsp3) is 0.474. The van der Waals surface area contributed by atoms with Gasteiger partial charge in [0.2, 0.25) is 5.95 Å². The number of ether oxygens (including phenoxy) is 1. The number of anilines is 1. The van der Waals surface area contributed by atoms with Crippen molar-refractivity contribution in [2.45, 2.75) is 52.0 Å². The molecule has 0 fully saturated rings. The van der Waals surface area contributed by atoms with Crippen molar-refractivity contribution in [2.75, 3.05) is 11.9 Å². The number of rotatable bonds is 9. The summed E-state index contributed by atoms with van der Waals surface area (Å²) in [5, 5.41) is 26.0. The molecule has 0 unspecified atom stereocenters. The molecule has 0 amide bonds. The van der Waals surface area contributed by atoms with E-state index in [1.54, 1.807) is 25.1 Å². The molecule has 29 heavy (non-hydrogen) atoms. The lowest BCUT2D eigenvalue weighted by molar-refractivity contribution is -0.385. The van der Waals surface area contributed by atoms with Gasteiger partial charge in [0.15, 0.2) is 0 Å². The first kappa shape index (κ1) is 20.4. The van der Waals surface area contributed by atoms with Crippen molar-refractivity contribution in [2.24, 2.45) is 0 Å². The van der Waals surface area contributed by atoms with Gasteiger partial charge < -0.3 is 10.1 Å². The number of hydrogen-bond acceptors (Lipinski definition) is 8. The van der Waals surface area contributed by atoms with E-state index in [1.165, 1.54) is 10.7 Å². The number of esters is 1. The number of carbonyl (C=O) groups is 1. The first-order chi connectivity index (χ1) is 14.0. The van der Waals surface area contributed by atoms with Crippen LogP contribution in [0.5, 0.6) is 0 Å². The Kier molecular flexibility index (Phi) is 6.53. The van der Waals surface area contributed by atoms with Gasteiger partial charge in [-0.05, 0) is 29.8 Å². The Morgan fingerprint density at radius 2 is 2.03 bits per heavy atom. The Balaban J connectivity index is 1.88. The van der Waals surface area contributed by atoms with Gasteiger partial charge in [0.25, 0.3) is 5.69 Å². The summed E-state index contributed by atoms with van der Waals surface area (Å²) >= 11 is 0. The van der Waals surface area contributed by atoms with Crippen LogP contribution in [0.15, 0.2) is 35.5 Å². The van der Waals surface area contributed by atoms with Gasteiger partial charge in [-0.1, -0.05) is 49.8 Å². The fourth-order valence-corrected chi connectivity index (χ4v) is 3.40. The van der Waals surface area contributed by atoms with E-state index < -0.39 is 16.9 Å². The molecule has 1 aromatic heterocycles. The van der Waals surface area contributed by atoms with Crippen molar-refractivity contribution in [1.29, 1.82) is 0 Å². The first-order valence-corrected chi connectivity index (χ1v) is 9.70. The van der Waals surface area contributed by atoms with Gasteiger partial charge in [-0.15, -0.1) is 0 Å². The molecular weight excluding hydrogens is 376 g/mol. The van der Waals surface area contributed by atoms with Gasteiger partial charge in [0, 0.05) is 11.8 Å². The topological polar surface area (TPSA) is 125 Å². The number of para-hydroxylation sites is 1. The summed E-state index contributed by atoms with van der Waals surface area (Å²) in [6.07, 6.45) is 5.16. The third-order valence-corrected chi connectivity index (χ3v) is 4.84. The first-order valence-electron chi connectivity index (χ1n) is 9.70. The number of nitro benzene ring substituents is 1. The number of tetrazole rings is 1. The molecule has 0 aliphatic carbocycles. The highest BCUT2D eigenvalue weighted by Crippen LogP contribution is 2.38. The van der Waals surface area contributed by atoms with Crippen molar-refractivity contribution in [1.82, 2.24) is 20.2 Å². The Bertz CT molecular complexity index is 923. The normalized spacial score (nSPS) is 15.6. The number of benzene rings is 1. The van der Waals surface area contributed by atoms with E-state index in [0.29, 0.717) is 23.8 Å². The lowest BCUT2D eigenvalue weighted by Crippen LogP contribution is -2.30. The van der Waals surface area contributed by atoms with Crippen molar-refractivity contribution in [3.05, 3.63) is 51.2 Å². The highest BCUT2D eigenvalue weighted by Gasteiger charge is 2.38. The minimum absolute atomic E-state index is 0.112. The number of hydrogen-bond donors (Lipinski definition) is 1. The fourth-order valence-electron chi connectivity index (χ4n) is 3.40. The van der Waals surface area contributed by atoms with Crippen molar-refractivity contribution >= 4 is 17.6 Å². The molecule has 1 aliphatic rings. The standard InChI is InChI=1S/C19H24N6O4/c1-3-4-5-6-9-12-29-18(26)16-13(2)20-19-21-22-23-24(19)17(16)14-10-7-8-11-15(14)25(27)28/h7-8,10-11,17H,3-6,9,12H2,1-2H3,(H,20,21,23)/t17-/m1/s1. The second-order valence-electron chi connectivity index (χ2n) is 6.88. The molecule has 0 spiro atoms. The number of nitro groups is 1. The van der Waals surface area contributed by atoms with Crippen LogP contribution in [0.4, 0.5) is 11.6 Å². The number of nitrogens with zero attached hydrogens (tertiary/aromatic N) is 5. The van der Waals surface area contributed by atoms with Crippen LogP contribution in [0.3, 0.4) is 0 Å². The minimum atomic E-state index is -0.851. The van der Waals surface area contributed by atoms with Crippen LogP contribution < -0.4 is 5.32 Å². The average molecular weight is 400 g/mol. The Hall–Kier alpha value is -3.30. The maximum atomic E-state index is 12.9. The third-order valence-electron chi connectivity index (χ3n) is 4.84. The monoisotopic (exact) mass is 400 g/mol. The van der Waals surface area contributed by atoms with Gasteiger partial charge in [-0.3, -0.25) is 10.1 Å². The number of allylic oxidation sites excluding steroid dienone is 1. The maximum Gasteiger partial charge on any atom is 0.338 e. The highest BCUT2D eigenvalue weighted by molar-refractivity contribution is 5.92. The van der Waals surface area contributed by atoms with Gasteiger partial charge in [-0.25, -0.2) is 4.79 Å². The van der Waals surface area contributed by atoms with Gasteiger partial charge >= 0.3 is 5.97 Å². The van der Waals surface area contributed by atoms with Crippen LogP contribution in [0.2, 0.25) is 0 Å². The van der Waals surface area contributed by atoms with Crippen LogP contribution in [0.1, 0.15) is 57.6 Å². The quantitative estimate of drug-likeness (QED) is 0.294. The summed E-state index contributed by atoms with van der Waals surface area (Å²) in [4.78, 5) is 24.0. The predicted molar refractivity (Wildman–Crippen MR) is 105 cm³/mol. The summed E-state index contributed by atoms with van der Waals surface area (Å²) < 4.78 is 6.86. The van der Waals surface area contributed by atoms with Gasteiger partial charge in [0.1, 0.15) is 6.04 Å². The number of carbonyl (C=O) groups excluding carboxylic acids is 1. The summed E-state index contributed by atoms with van der Waals surface area (Å²) in [5.74, 6) is -0.225. The zero-order valence-corrected chi connectivity index (χ0v) is 16.5. The third kappa shape index (κ3) is 4.41. The molecule has 3 rings (SSSR count). The van der Waals surface area contributed by atoms with Crippen LogP contribution in [0, 0.1) is 10.1 Å². The highest BCUT2D eigenvalue weighted by atomic mass is 16.6. The number of unbranched alkanes of at least 4 members (excludes halogenated alkanes) is 4. The second kappa shape index (κ2) is 9.26. The zero-order valence-electron chi connectivity index (χ0n) is 16.5. The van der Waals surface area contributed by atoms with Crippen LogP contribution in [0.25, 0.3) is 0 Å². The van der Waals surface area contributed by atoms with E-state index in [0.717, 1.165) is 32.1 Å². The lowest BCUT2D eigenvalue weighted by atomic mass is 9.94. The van der Waals surface area contributed by atoms with E-state index in [2.05, 4.69) is 27.8 Å². The molecule has 0 saturated carbocycles. The van der Waals surface area contributed by atoms with Crippen LogP contribution in [-0.4, -0.2) is 37.7 Å². The maximum absolute atomic E-state index is 12.9. The van der Waals surface area contributed by atoms with Crippen molar-refractivity contribution < 1.29 is 14.5 Å². The Morgan fingerprint density at radius 3 is 2.79 bits per heavy atom. The number of nitrogens with one attached hydrogen (secondary N) is 1. The Labute approximate surface area is 168 Å². The Morgan fingerprint density at radius 1 is 1.28 bits per heavy atom. The molecule has 0 saturated heterocycles. The molecule has 1 aromatic carbocycles. The molecule has 0 radical (unpaired) electrons. The molecule has 10 heteroatoms. The molecule has 1 aliphatic heterocycles. The number of fused-ring (bicyclic) bond motifs is 1. The average Bonchev–Trinajstić information content (AvgIpc) is 3.17. The van der Waals surface area contributed by atoms with Crippen LogP contribution >= 0.6 is 0 Å². The van der Waals surface area contributed by atoms with Gasteiger partial charge in [0.05, 0.1) is 22.7 Å². The summed E-state index contributed by atoms with van der Waals surface area (Å²) in [6.45, 7) is 4.14. The van der Waals surface area contributed by atoms with Crippen molar-refractivity contribution in [3.8, 4) is 0 Å². The summed E-state index contributed by atoms with van der Waals surface area (Å²) in [6, 6.07) is 5.41. The van der Waals surface area contributed by atoms with E-state index >= 15 is 0 Å². The molecular formula is C19H24N6O4. The second-order valence-corrected chi connectivity index (χ2v) is 6.88. The molecule has 2 aromatic rings. The summed E-state index contributed by atoms with van der Waals surface area (Å²) in [5.41, 5.74) is 0.972. The lowest BCUT2D eigenvalue weighted by Gasteiger charge is -2.27. The smallest absolute Gasteiger partial charge is 0.338 e. The van der Waals surface area contributed by atoms with Crippen molar-refractivity contribution in [3.63, 3.8) is 0 Å². The van der Waals surface area contributed by atoms with E-state index in [4.69, 9.17) is 4.74 Å². The minimum Gasteiger partial charge on any atom is -0.462 e. The predicted octanol–water partition coefficient (Wildman–Crippen LogP) is 3.38. The molecule has 10 nitrogen and oxygen atoms in total. The largest absolute Gasteiger partial charge is 0.462 e. The SMILES string of the molecule is CCCCCCCOC(=O)C1=C(C)Nc2nnnn2[C@@H]1c1ccccc1[N+](=O)[O-]. The zero-order chi connectivity index (χ0) is 20.8. The van der Waals surface area contributed by atoms with E-state index in [9.17, 15) is 14.9 Å². The van der Waals surface area contributed by atoms with Gasteiger partial charge in [-0.2, -0.15) is 4.68 Å².